The van der Waals surface area contributed by atoms with E-state index in [1.165, 1.54) is 12.3 Å². The van der Waals surface area contributed by atoms with Crippen LogP contribution in [0, 0.1) is 0 Å². The van der Waals surface area contributed by atoms with Gasteiger partial charge in [0, 0.05) is 38.9 Å². The molecule has 4 rings (SSSR count). The van der Waals surface area contributed by atoms with Gasteiger partial charge in [0.15, 0.2) is 0 Å². The van der Waals surface area contributed by atoms with Crippen molar-refractivity contribution in [1.82, 2.24) is 14.8 Å². The fourth-order valence-electron chi connectivity index (χ4n) is 4.35. The van der Waals surface area contributed by atoms with E-state index in [-0.39, 0.29) is 23.9 Å². The third-order valence-corrected chi connectivity index (χ3v) is 6.25. The van der Waals surface area contributed by atoms with Gasteiger partial charge in [-0.25, -0.2) is 0 Å². The number of halogens is 4. The molecular weight excluding hydrogens is 407 g/mol. The lowest BCUT2D eigenvalue weighted by Gasteiger charge is -2.50. The minimum absolute atomic E-state index is 0. The molecule has 0 unspecified atom stereocenters. The Labute approximate surface area is 175 Å². The molecule has 0 bridgehead atoms. The van der Waals surface area contributed by atoms with Gasteiger partial charge in [0.25, 0.3) is 5.91 Å². The SMILES string of the molecule is CCN1CC2(CCN(CCc3ccc(C(F)(F)F)nc3)CC2)OC2(CC2)C1=O.Cl. The highest BCUT2D eigenvalue weighted by Crippen LogP contribution is 2.49. The van der Waals surface area contributed by atoms with E-state index in [1.807, 2.05) is 11.8 Å². The molecule has 5 nitrogen and oxygen atoms in total. The molecule has 0 N–H and O–H groups in total. The van der Waals surface area contributed by atoms with Gasteiger partial charge in [-0.1, -0.05) is 6.07 Å². The number of pyridine rings is 1. The van der Waals surface area contributed by atoms with E-state index < -0.39 is 17.5 Å². The number of hydrogen-bond donors (Lipinski definition) is 0. The Kier molecular flexibility index (Phi) is 6.18. The number of amides is 1. The summed E-state index contributed by atoms with van der Waals surface area (Å²) in [5.41, 5.74) is -0.841. The van der Waals surface area contributed by atoms with Gasteiger partial charge >= 0.3 is 6.18 Å². The van der Waals surface area contributed by atoms with Gasteiger partial charge in [-0.2, -0.15) is 13.2 Å². The van der Waals surface area contributed by atoms with Gasteiger partial charge in [0.1, 0.15) is 11.3 Å². The highest BCUT2D eigenvalue weighted by Gasteiger charge is 2.61. The molecule has 0 aromatic carbocycles. The van der Waals surface area contributed by atoms with E-state index in [0.29, 0.717) is 13.0 Å². The number of nitrogens with zero attached hydrogens (tertiary/aromatic N) is 3. The summed E-state index contributed by atoms with van der Waals surface area (Å²) in [5.74, 6) is 0.151. The zero-order chi connectivity index (χ0) is 20.0. The van der Waals surface area contributed by atoms with Crippen molar-refractivity contribution >= 4 is 18.3 Å². The second-order valence-electron chi connectivity index (χ2n) is 8.24. The van der Waals surface area contributed by atoms with Crippen LogP contribution in [0.3, 0.4) is 0 Å². The molecule has 9 heteroatoms. The van der Waals surface area contributed by atoms with Crippen LogP contribution in [0.25, 0.3) is 0 Å². The van der Waals surface area contributed by atoms with E-state index in [4.69, 9.17) is 4.74 Å². The number of morpholine rings is 1. The van der Waals surface area contributed by atoms with Crippen LogP contribution >= 0.6 is 12.4 Å². The summed E-state index contributed by atoms with van der Waals surface area (Å²) in [5, 5.41) is 0. The number of rotatable bonds is 4. The van der Waals surface area contributed by atoms with Crippen LogP contribution < -0.4 is 0 Å². The van der Waals surface area contributed by atoms with Crippen LogP contribution in [0.15, 0.2) is 18.3 Å². The van der Waals surface area contributed by atoms with Gasteiger partial charge in [-0.3, -0.25) is 9.78 Å². The zero-order valence-electron chi connectivity index (χ0n) is 16.5. The molecule has 0 radical (unpaired) electrons. The van der Waals surface area contributed by atoms with Crippen LogP contribution in [0.1, 0.15) is 43.9 Å². The summed E-state index contributed by atoms with van der Waals surface area (Å²) in [6, 6.07) is 2.55. The van der Waals surface area contributed by atoms with Crippen molar-refractivity contribution in [2.75, 3.05) is 32.7 Å². The number of likely N-dealkylation sites (N-methyl/N-ethyl adjacent to an activating group) is 1. The number of likely N-dealkylation sites (tertiary alicyclic amines) is 1. The second-order valence-corrected chi connectivity index (χ2v) is 8.24. The van der Waals surface area contributed by atoms with E-state index in [1.54, 1.807) is 0 Å². The molecule has 1 aromatic rings. The Balaban J connectivity index is 0.00000240. The Morgan fingerprint density at radius 3 is 2.38 bits per heavy atom. The predicted octanol–water partition coefficient (Wildman–Crippen LogP) is 3.31. The molecule has 1 aromatic heterocycles. The number of carbonyl (C=O) groups excluding carboxylic acids is 1. The maximum Gasteiger partial charge on any atom is 0.433 e. The normalized spacial score (nSPS) is 23.3. The summed E-state index contributed by atoms with van der Waals surface area (Å²) in [6.45, 7) is 5.92. The lowest BCUT2D eigenvalue weighted by atomic mass is 9.87. The Hall–Kier alpha value is -1.38. The van der Waals surface area contributed by atoms with Crippen LogP contribution in [0.4, 0.5) is 13.2 Å². The van der Waals surface area contributed by atoms with Gasteiger partial charge < -0.3 is 14.5 Å². The lowest BCUT2D eigenvalue weighted by Crippen LogP contribution is -2.62. The monoisotopic (exact) mass is 433 g/mol. The van der Waals surface area contributed by atoms with E-state index >= 15 is 0 Å². The van der Waals surface area contributed by atoms with Gasteiger partial charge in [0.2, 0.25) is 0 Å². The van der Waals surface area contributed by atoms with Crippen molar-refractivity contribution in [3.05, 3.63) is 29.6 Å². The molecular formula is C20H27ClF3N3O2. The quantitative estimate of drug-likeness (QED) is 0.730. The number of carbonyl (C=O) groups is 1. The van der Waals surface area contributed by atoms with Crippen molar-refractivity contribution in [2.45, 2.75) is 56.4 Å². The van der Waals surface area contributed by atoms with Crippen molar-refractivity contribution in [1.29, 1.82) is 0 Å². The fourth-order valence-corrected chi connectivity index (χ4v) is 4.35. The molecule has 3 aliphatic rings. The van der Waals surface area contributed by atoms with Gasteiger partial charge in [-0.05, 0) is 50.7 Å². The number of aromatic nitrogens is 1. The highest BCUT2D eigenvalue weighted by molar-refractivity contribution is 5.89. The molecule has 2 spiro atoms. The van der Waals surface area contributed by atoms with Crippen molar-refractivity contribution in [3.8, 4) is 0 Å². The molecule has 162 valence electrons. The minimum Gasteiger partial charge on any atom is -0.357 e. The molecule has 2 aliphatic heterocycles. The second kappa shape index (κ2) is 8.04. The third-order valence-electron chi connectivity index (χ3n) is 6.25. The fraction of sp³-hybridized carbons (Fsp3) is 0.700. The smallest absolute Gasteiger partial charge is 0.357 e. The minimum atomic E-state index is -4.40. The first kappa shape index (κ1) is 22.3. The maximum absolute atomic E-state index is 12.6. The Morgan fingerprint density at radius 2 is 1.86 bits per heavy atom. The molecule has 3 fully saturated rings. The van der Waals surface area contributed by atoms with Gasteiger partial charge in [-0.15, -0.1) is 12.4 Å². The standard InChI is InChI=1S/C20H26F3N3O2.ClH/c1-2-26-14-18(28-19(6-7-19)17(26)27)8-11-25(12-9-18)10-5-15-3-4-16(24-13-15)20(21,22)23;/h3-4,13H,2,5-12,14H2,1H3;1H. The average molecular weight is 434 g/mol. The van der Waals surface area contributed by atoms with Crippen molar-refractivity contribution < 1.29 is 22.7 Å². The molecule has 3 heterocycles. The summed E-state index contributed by atoms with van der Waals surface area (Å²) < 4.78 is 44.2. The Bertz CT molecular complexity index is 729. The van der Waals surface area contributed by atoms with Crippen LogP contribution in [0.2, 0.25) is 0 Å². The average Bonchev–Trinajstić information content (AvgIpc) is 3.44. The first-order valence-corrected chi connectivity index (χ1v) is 9.99. The molecule has 29 heavy (non-hydrogen) atoms. The molecule has 2 saturated heterocycles. The van der Waals surface area contributed by atoms with Crippen molar-refractivity contribution in [2.24, 2.45) is 0 Å². The number of ether oxygens (including phenoxy) is 1. The van der Waals surface area contributed by atoms with E-state index in [9.17, 15) is 18.0 Å². The van der Waals surface area contributed by atoms with Crippen LogP contribution in [0.5, 0.6) is 0 Å². The molecule has 1 aliphatic carbocycles. The molecule has 1 saturated carbocycles. The van der Waals surface area contributed by atoms with Gasteiger partial charge in [0.05, 0.1) is 5.60 Å². The van der Waals surface area contributed by atoms with E-state index in [2.05, 4.69) is 9.88 Å². The first-order chi connectivity index (χ1) is 13.3. The predicted molar refractivity (Wildman–Crippen MR) is 104 cm³/mol. The van der Waals surface area contributed by atoms with Crippen LogP contribution in [-0.2, 0) is 22.1 Å². The Morgan fingerprint density at radius 1 is 1.17 bits per heavy atom. The van der Waals surface area contributed by atoms with Crippen LogP contribution in [-0.4, -0.2) is 64.6 Å². The lowest BCUT2D eigenvalue weighted by molar-refractivity contribution is -0.200. The molecule has 1 amide bonds. The number of piperidine rings is 1. The van der Waals surface area contributed by atoms with E-state index in [0.717, 1.165) is 63.5 Å². The molecule has 0 atom stereocenters. The summed E-state index contributed by atoms with van der Waals surface area (Å²) in [4.78, 5) is 20.3. The summed E-state index contributed by atoms with van der Waals surface area (Å²) in [7, 11) is 0. The summed E-state index contributed by atoms with van der Waals surface area (Å²) in [6.07, 6.45) is 1.01. The first-order valence-electron chi connectivity index (χ1n) is 9.99. The maximum atomic E-state index is 12.6. The number of hydrogen-bond acceptors (Lipinski definition) is 4. The topological polar surface area (TPSA) is 45.7 Å². The highest BCUT2D eigenvalue weighted by atomic mass is 35.5. The number of alkyl halides is 3. The largest absolute Gasteiger partial charge is 0.433 e. The van der Waals surface area contributed by atoms with Crippen molar-refractivity contribution in [3.63, 3.8) is 0 Å². The summed E-state index contributed by atoms with van der Waals surface area (Å²) >= 11 is 0. The zero-order valence-corrected chi connectivity index (χ0v) is 17.3. The third kappa shape index (κ3) is 4.54.